The molecule has 0 saturated heterocycles. The van der Waals surface area contributed by atoms with Crippen molar-refractivity contribution in [2.24, 2.45) is 0 Å². The van der Waals surface area contributed by atoms with E-state index < -0.39 is 10.0 Å². The summed E-state index contributed by atoms with van der Waals surface area (Å²) in [5, 5.41) is 8.72. The predicted molar refractivity (Wildman–Crippen MR) is 68.7 cm³/mol. The first-order valence-electron chi connectivity index (χ1n) is 6.24. The molecule has 0 aromatic carbocycles. The highest BCUT2D eigenvalue weighted by atomic mass is 32.2. The van der Waals surface area contributed by atoms with Gasteiger partial charge in [-0.3, -0.25) is 0 Å². The number of H-pyrrole nitrogens is 1. The Morgan fingerprint density at radius 2 is 2.06 bits per heavy atom. The molecular weight excluding hydrogens is 254 g/mol. The highest BCUT2D eigenvalue weighted by molar-refractivity contribution is 7.89. The minimum Gasteiger partial charge on any atom is -0.396 e. The van der Waals surface area contributed by atoms with Gasteiger partial charge in [-0.2, -0.15) is 0 Å². The van der Waals surface area contributed by atoms with Gasteiger partial charge in [-0.25, -0.2) is 18.1 Å². The van der Waals surface area contributed by atoms with Crippen molar-refractivity contribution < 1.29 is 13.5 Å². The number of aromatic amines is 1. The Bertz CT molecular complexity index is 442. The van der Waals surface area contributed by atoms with Crippen LogP contribution in [-0.4, -0.2) is 36.6 Å². The summed E-state index contributed by atoms with van der Waals surface area (Å²) in [4.78, 5) is 6.74. The van der Waals surface area contributed by atoms with Crippen LogP contribution in [0.1, 0.15) is 38.4 Å². The second-order valence-electron chi connectivity index (χ2n) is 4.08. The third-order valence-electron chi connectivity index (χ3n) is 2.61. The van der Waals surface area contributed by atoms with Crippen LogP contribution < -0.4 is 4.72 Å². The van der Waals surface area contributed by atoms with Crippen molar-refractivity contribution in [2.75, 3.05) is 13.2 Å². The Balaban J connectivity index is 2.36. The number of imidazole rings is 1. The van der Waals surface area contributed by atoms with Crippen LogP contribution in [0.25, 0.3) is 0 Å². The number of hydrogen-bond donors (Lipinski definition) is 3. The van der Waals surface area contributed by atoms with E-state index in [4.69, 9.17) is 5.11 Å². The van der Waals surface area contributed by atoms with Gasteiger partial charge < -0.3 is 10.1 Å². The number of hydrogen-bond acceptors (Lipinski definition) is 4. The topological polar surface area (TPSA) is 95.1 Å². The van der Waals surface area contributed by atoms with Gasteiger partial charge in [0, 0.05) is 19.6 Å². The molecule has 0 radical (unpaired) electrons. The molecule has 0 unspecified atom stereocenters. The predicted octanol–water partition coefficient (Wildman–Crippen LogP) is 0.803. The van der Waals surface area contributed by atoms with Gasteiger partial charge in [0.1, 0.15) is 5.82 Å². The molecule has 3 N–H and O–H groups in total. The number of rotatable bonds is 9. The molecule has 0 aliphatic rings. The Labute approximate surface area is 108 Å². The molecule has 0 saturated carbocycles. The zero-order valence-electron chi connectivity index (χ0n) is 10.6. The van der Waals surface area contributed by atoms with Crippen LogP contribution in [-0.2, 0) is 16.4 Å². The minimum absolute atomic E-state index is 0.120. The number of aryl methyl sites for hydroxylation is 1. The molecule has 0 amide bonds. The standard InChI is InChI=1S/C11H21N3O3S/c1-2-10-12-9-11(14-10)18(16,17)13-7-5-3-4-6-8-15/h9,13,15H,2-8H2,1H3,(H,12,14). The summed E-state index contributed by atoms with van der Waals surface area (Å²) < 4.78 is 26.2. The number of aliphatic hydroxyl groups is 1. The molecule has 0 fully saturated rings. The third-order valence-corrected chi connectivity index (χ3v) is 3.98. The highest BCUT2D eigenvalue weighted by Crippen LogP contribution is 2.06. The summed E-state index contributed by atoms with van der Waals surface area (Å²) in [7, 11) is -3.46. The third kappa shape index (κ3) is 4.75. The second-order valence-corrected chi connectivity index (χ2v) is 5.82. The molecular formula is C11H21N3O3S. The maximum atomic E-state index is 11.8. The average molecular weight is 275 g/mol. The molecule has 0 atom stereocenters. The SMILES string of the molecule is CCc1ncc(S(=O)(=O)NCCCCCCO)[nH]1. The number of aliphatic hydroxyl groups excluding tert-OH is 1. The molecule has 7 heteroatoms. The lowest BCUT2D eigenvalue weighted by molar-refractivity contribution is 0.282. The molecule has 0 spiro atoms. The van der Waals surface area contributed by atoms with Crippen molar-refractivity contribution in [3.05, 3.63) is 12.0 Å². The molecule has 0 bridgehead atoms. The Hall–Kier alpha value is -0.920. The van der Waals surface area contributed by atoms with Crippen LogP contribution in [0.5, 0.6) is 0 Å². The number of unbranched alkanes of at least 4 members (excludes halogenated alkanes) is 3. The fourth-order valence-corrected chi connectivity index (χ4v) is 2.55. The van der Waals surface area contributed by atoms with Gasteiger partial charge in [0.15, 0.2) is 5.03 Å². The molecule has 1 rings (SSSR count). The van der Waals surface area contributed by atoms with Crippen molar-refractivity contribution in [2.45, 2.75) is 44.1 Å². The second kappa shape index (κ2) is 7.50. The molecule has 6 nitrogen and oxygen atoms in total. The van der Waals surface area contributed by atoms with Crippen LogP contribution in [0.4, 0.5) is 0 Å². The van der Waals surface area contributed by atoms with E-state index in [1.165, 1.54) is 6.20 Å². The Kier molecular flexibility index (Phi) is 6.31. The molecule has 0 aliphatic heterocycles. The van der Waals surface area contributed by atoms with Gasteiger partial charge >= 0.3 is 0 Å². The monoisotopic (exact) mass is 275 g/mol. The summed E-state index contributed by atoms with van der Waals surface area (Å²) in [6, 6.07) is 0. The van der Waals surface area contributed by atoms with Gasteiger partial charge in [0.25, 0.3) is 10.0 Å². The van der Waals surface area contributed by atoms with Crippen molar-refractivity contribution in [1.29, 1.82) is 0 Å². The van der Waals surface area contributed by atoms with E-state index >= 15 is 0 Å². The highest BCUT2D eigenvalue weighted by Gasteiger charge is 2.15. The van der Waals surface area contributed by atoms with Crippen molar-refractivity contribution in [3.8, 4) is 0 Å². The molecule has 18 heavy (non-hydrogen) atoms. The van der Waals surface area contributed by atoms with Gasteiger partial charge in [-0.05, 0) is 12.8 Å². The number of sulfonamides is 1. The smallest absolute Gasteiger partial charge is 0.257 e. The maximum absolute atomic E-state index is 11.8. The van der Waals surface area contributed by atoms with Crippen molar-refractivity contribution in [3.63, 3.8) is 0 Å². The van der Waals surface area contributed by atoms with Crippen molar-refractivity contribution >= 4 is 10.0 Å². The van der Waals surface area contributed by atoms with E-state index in [0.717, 1.165) is 25.7 Å². The molecule has 1 aromatic rings. The van der Waals surface area contributed by atoms with Crippen molar-refractivity contribution in [1.82, 2.24) is 14.7 Å². The summed E-state index contributed by atoms with van der Waals surface area (Å²) in [5.74, 6) is 0.665. The normalized spacial score (nSPS) is 11.9. The number of nitrogens with zero attached hydrogens (tertiary/aromatic N) is 1. The first kappa shape index (κ1) is 15.1. The van der Waals surface area contributed by atoms with Gasteiger partial charge in [0.2, 0.25) is 0 Å². The molecule has 104 valence electrons. The van der Waals surface area contributed by atoms with Crippen LogP contribution in [0.15, 0.2) is 11.2 Å². The first-order valence-corrected chi connectivity index (χ1v) is 7.73. The lowest BCUT2D eigenvalue weighted by Gasteiger charge is -2.04. The van der Waals surface area contributed by atoms with Gasteiger partial charge in [-0.1, -0.05) is 19.8 Å². The van der Waals surface area contributed by atoms with E-state index in [-0.39, 0.29) is 11.6 Å². The molecule has 1 aromatic heterocycles. The fourth-order valence-electron chi connectivity index (χ4n) is 1.53. The molecule has 1 heterocycles. The van der Waals surface area contributed by atoms with Gasteiger partial charge in [0.05, 0.1) is 6.20 Å². The minimum atomic E-state index is -3.46. The van der Waals surface area contributed by atoms with E-state index in [9.17, 15) is 8.42 Å². The maximum Gasteiger partial charge on any atom is 0.257 e. The summed E-state index contributed by atoms with van der Waals surface area (Å²) in [6.07, 6.45) is 5.39. The van der Waals surface area contributed by atoms with E-state index in [0.29, 0.717) is 18.8 Å². The lowest BCUT2D eigenvalue weighted by Crippen LogP contribution is -2.25. The first-order chi connectivity index (χ1) is 8.60. The zero-order chi connectivity index (χ0) is 13.4. The fraction of sp³-hybridized carbons (Fsp3) is 0.727. The van der Waals surface area contributed by atoms with Crippen LogP contribution in [0, 0.1) is 0 Å². The van der Waals surface area contributed by atoms with E-state index in [1.807, 2.05) is 6.92 Å². The number of aromatic nitrogens is 2. The summed E-state index contributed by atoms with van der Waals surface area (Å²) in [6.45, 7) is 2.51. The largest absolute Gasteiger partial charge is 0.396 e. The Morgan fingerprint density at radius 3 is 2.67 bits per heavy atom. The lowest BCUT2D eigenvalue weighted by atomic mass is 10.2. The quantitative estimate of drug-likeness (QED) is 0.581. The van der Waals surface area contributed by atoms with E-state index in [2.05, 4.69) is 14.7 Å². The van der Waals surface area contributed by atoms with E-state index in [1.54, 1.807) is 0 Å². The van der Waals surface area contributed by atoms with Crippen LogP contribution >= 0.6 is 0 Å². The van der Waals surface area contributed by atoms with Crippen LogP contribution in [0.2, 0.25) is 0 Å². The summed E-state index contributed by atoms with van der Waals surface area (Å²) in [5.41, 5.74) is 0. The number of nitrogens with one attached hydrogen (secondary N) is 2. The summed E-state index contributed by atoms with van der Waals surface area (Å²) >= 11 is 0. The molecule has 0 aliphatic carbocycles. The zero-order valence-corrected chi connectivity index (χ0v) is 11.5. The average Bonchev–Trinajstić information content (AvgIpc) is 2.83. The Morgan fingerprint density at radius 1 is 1.33 bits per heavy atom. The van der Waals surface area contributed by atoms with Crippen LogP contribution in [0.3, 0.4) is 0 Å². The van der Waals surface area contributed by atoms with Gasteiger partial charge in [-0.15, -0.1) is 0 Å².